The summed E-state index contributed by atoms with van der Waals surface area (Å²) in [5, 5.41) is 12.0. The lowest BCUT2D eigenvalue weighted by atomic mass is 10.1. The van der Waals surface area contributed by atoms with Crippen molar-refractivity contribution in [2.75, 3.05) is 5.32 Å². The van der Waals surface area contributed by atoms with Crippen LogP contribution in [0.3, 0.4) is 0 Å². The number of benzene rings is 1. The standard InChI is InChI=1S/C20H16BrClN4O4S/c1-11-5-7-12(8-6-11)31(29,30)26-10-9-13-17(24-20(22)25-18(13)26)23-15-4-2-3-14(21)16(15)19(27)28/h2-7,9-10,12H,8H2,1H3,(H,27,28)(H,23,24,25). The van der Waals surface area contributed by atoms with Gasteiger partial charge >= 0.3 is 5.97 Å². The molecule has 1 aliphatic rings. The van der Waals surface area contributed by atoms with Crippen molar-refractivity contribution in [3.05, 3.63) is 69.6 Å². The van der Waals surface area contributed by atoms with Gasteiger partial charge in [0.25, 0.3) is 0 Å². The Morgan fingerprint density at radius 3 is 2.77 bits per heavy atom. The van der Waals surface area contributed by atoms with Crippen LogP contribution in [0.5, 0.6) is 0 Å². The molecule has 1 aliphatic carbocycles. The highest BCUT2D eigenvalue weighted by molar-refractivity contribution is 9.10. The fourth-order valence-corrected chi connectivity index (χ4v) is 5.53. The van der Waals surface area contributed by atoms with Crippen molar-refractivity contribution in [1.82, 2.24) is 13.9 Å². The number of allylic oxidation sites excluding steroid dienone is 3. The number of nitrogens with zero attached hydrogens (tertiary/aromatic N) is 3. The monoisotopic (exact) mass is 522 g/mol. The molecule has 0 amide bonds. The number of aromatic nitrogens is 3. The maximum absolute atomic E-state index is 13.2. The number of carboxylic acids is 1. The molecule has 2 N–H and O–H groups in total. The Labute approximate surface area is 191 Å². The Bertz CT molecular complexity index is 1380. The number of rotatable bonds is 5. The molecule has 3 aromatic rings. The van der Waals surface area contributed by atoms with Gasteiger partial charge in [-0.1, -0.05) is 29.9 Å². The molecular formula is C20H16BrClN4O4S. The zero-order chi connectivity index (χ0) is 22.3. The minimum Gasteiger partial charge on any atom is -0.478 e. The van der Waals surface area contributed by atoms with E-state index in [-0.39, 0.29) is 28.0 Å². The van der Waals surface area contributed by atoms with Crippen LogP contribution in [0.25, 0.3) is 11.0 Å². The first-order chi connectivity index (χ1) is 14.7. The minimum atomic E-state index is -3.80. The highest BCUT2D eigenvalue weighted by atomic mass is 79.9. The fraction of sp³-hybridized carbons (Fsp3) is 0.150. The van der Waals surface area contributed by atoms with Crippen molar-refractivity contribution in [1.29, 1.82) is 0 Å². The largest absolute Gasteiger partial charge is 0.478 e. The second-order valence-corrected chi connectivity index (χ2v) is 10.1. The van der Waals surface area contributed by atoms with E-state index in [0.717, 1.165) is 9.55 Å². The molecule has 11 heteroatoms. The Kier molecular flexibility index (Phi) is 5.63. The highest BCUT2D eigenvalue weighted by Crippen LogP contribution is 2.32. The van der Waals surface area contributed by atoms with Crippen LogP contribution in [0.4, 0.5) is 11.5 Å². The van der Waals surface area contributed by atoms with Gasteiger partial charge in [0.1, 0.15) is 11.1 Å². The third-order valence-corrected chi connectivity index (χ3v) is 7.65. The first kappa shape index (κ1) is 21.5. The zero-order valence-corrected chi connectivity index (χ0v) is 19.2. The first-order valence-corrected chi connectivity index (χ1v) is 11.8. The summed E-state index contributed by atoms with van der Waals surface area (Å²) in [5.74, 6) is -0.946. The van der Waals surface area contributed by atoms with E-state index in [2.05, 4.69) is 31.2 Å². The van der Waals surface area contributed by atoms with Crippen LogP contribution in [0.1, 0.15) is 23.7 Å². The van der Waals surface area contributed by atoms with E-state index < -0.39 is 21.2 Å². The number of nitrogens with one attached hydrogen (secondary N) is 1. The van der Waals surface area contributed by atoms with Crippen LogP contribution in [-0.2, 0) is 10.0 Å². The normalized spacial score (nSPS) is 16.4. The number of halogens is 2. The van der Waals surface area contributed by atoms with E-state index in [1.165, 1.54) is 6.20 Å². The van der Waals surface area contributed by atoms with E-state index in [1.54, 1.807) is 36.4 Å². The van der Waals surface area contributed by atoms with Crippen molar-refractivity contribution in [2.45, 2.75) is 18.6 Å². The second-order valence-electron chi connectivity index (χ2n) is 6.91. The van der Waals surface area contributed by atoms with Gasteiger partial charge in [-0.2, -0.15) is 9.97 Å². The zero-order valence-electron chi connectivity index (χ0n) is 16.1. The van der Waals surface area contributed by atoms with Gasteiger partial charge < -0.3 is 10.4 Å². The van der Waals surface area contributed by atoms with Gasteiger partial charge in [0.15, 0.2) is 5.65 Å². The maximum Gasteiger partial charge on any atom is 0.338 e. The Morgan fingerprint density at radius 2 is 2.10 bits per heavy atom. The summed E-state index contributed by atoms with van der Waals surface area (Å²) in [7, 11) is -3.80. The molecule has 0 saturated heterocycles. The Balaban J connectivity index is 1.81. The molecule has 31 heavy (non-hydrogen) atoms. The second kappa shape index (κ2) is 8.10. The van der Waals surface area contributed by atoms with Crippen molar-refractivity contribution >= 4 is 66.1 Å². The summed E-state index contributed by atoms with van der Waals surface area (Å²) < 4.78 is 27.9. The van der Waals surface area contributed by atoms with Gasteiger partial charge in [-0.15, -0.1) is 0 Å². The van der Waals surface area contributed by atoms with Crippen LogP contribution in [0.15, 0.2) is 58.7 Å². The molecule has 2 aromatic heterocycles. The quantitative estimate of drug-likeness (QED) is 0.464. The summed E-state index contributed by atoms with van der Waals surface area (Å²) in [6.07, 6.45) is 7.04. The van der Waals surface area contributed by atoms with Crippen molar-refractivity contribution in [3.8, 4) is 0 Å². The van der Waals surface area contributed by atoms with Crippen molar-refractivity contribution < 1.29 is 18.3 Å². The predicted molar refractivity (Wildman–Crippen MR) is 123 cm³/mol. The van der Waals surface area contributed by atoms with Gasteiger partial charge in [-0.3, -0.25) is 0 Å². The topological polar surface area (TPSA) is 114 Å². The average Bonchev–Trinajstić information content (AvgIpc) is 3.13. The molecule has 160 valence electrons. The van der Waals surface area contributed by atoms with E-state index in [0.29, 0.717) is 16.3 Å². The Morgan fingerprint density at radius 1 is 1.32 bits per heavy atom. The molecule has 8 nitrogen and oxygen atoms in total. The minimum absolute atomic E-state index is 0.00642. The maximum atomic E-state index is 13.2. The van der Waals surface area contributed by atoms with Crippen LogP contribution in [0, 0.1) is 0 Å². The van der Waals surface area contributed by atoms with Gasteiger partial charge in [-0.05, 0) is 59.1 Å². The molecule has 0 radical (unpaired) electrons. The molecule has 0 fully saturated rings. The lowest BCUT2D eigenvalue weighted by Crippen LogP contribution is -2.26. The molecular weight excluding hydrogens is 508 g/mol. The lowest BCUT2D eigenvalue weighted by molar-refractivity contribution is 0.0697. The van der Waals surface area contributed by atoms with E-state index in [9.17, 15) is 18.3 Å². The predicted octanol–water partition coefficient (Wildman–Crippen LogP) is 4.74. The number of fused-ring (bicyclic) bond motifs is 1. The summed E-state index contributed by atoms with van der Waals surface area (Å²) in [5.41, 5.74) is 1.38. The van der Waals surface area contributed by atoms with Crippen molar-refractivity contribution in [3.63, 3.8) is 0 Å². The van der Waals surface area contributed by atoms with E-state index in [4.69, 9.17) is 11.6 Å². The molecule has 2 heterocycles. The molecule has 0 spiro atoms. The molecule has 1 unspecified atom stereocenters. The molecule has 0 aliphatic heterocycles. The molecule has 4 rings (SSSR count). The van der Waals surface area contributed by atoms with Crippen LogP contribution in [0.2, 0.25) is 5.28 Å². The fourth-order valence-electron chi connectivity index (χ4n) is 3.31. The van der Waals surface area contributed by atoms with Gasteiger partial charge in [0.2, 0.25) is 15.3 Å². The third kappa shape index (κ3) is 3.98. The number of hydrogen-bond acceptors (Lipinski definition) is 6. The smallest absolute Gasteiger partial charge is 0.338 e. The van der Waals surface area contributed by atoms with Crippen molar-refractivity contribution in [2.24, 2.45) is 0 Å². The number of carboxylic acid groups (broad SMARTS) is 1. The highest BCUT2D eigenvalue weighted by Gasteiger charge is 2.28. The summed E-state index contributed by atoms with van der Waals surface area (Å²) >= 11 is 9.32. The first-order valence-electron chi connectivity index (χ1n) is 9.11. The van der Waals surface area contributed by atoms with Crippen LogP contribution < -0.4 is 5.32 Å². The van der Waals surface area contributed by atoms with Gasteiger partial charge in [0.05, 0.1) is 16.6 Å². The number of carbonyl (C=O) groups is 1. The molecule has 0 saturated carbocycles. The number of aromatic carboxylic acids is 1. The van der Waals surface area contributed by atoms with Crippen LogP contribution in [-0.4, -0.2) is 38.7 Å². The van der Waals surface area contributed by atoms with Crippen LogP contribution >= 0.6 is 27.5 Å². The van der Waals surface area contributed by atoms with Gasteiger partial charge in [0, 0.05) is 10.7 Å². The Hall–Kier alpha value is -2.69. The molecule has 1 aromatic carbocycles. The van der Waals surface area contributed by atoms with Gasteiger partial charge in [-0.25, -0.2) is 17.2 Å². The van der Waals surface area contributed by atoms with E-state index in [1.807, 2.05) is 13.0 Å². The summed E-state index contributed by atoms with van der Waals surface area (Å²) in [6.45, 7) is 1.91. The summed E-state index contributed by atoms with van der Waals surface area (Å²) in [4.78, 5) is 19.9. The number of hydrogen-bond donors (Lipinski definition) is 2. The lowest BCUT2D eigenvalue weighted by Gasteiger charge is -2.17. The summed E-state index contributed by atoms with van der Waals surface area (Å²) in [6, 6.07) is 6.40. The SMILES string of the molecule is CC1=CCC(S(=O)(=O)n2ccc3c(Nc4cccc(Br)c4C(=O)O)nc(Cl)nc32)C=C1. The molecule has 0 bridgehead atoms. The third-order valence-electron chi connectivity index (χ3n) is 4.87. The average molecular weight is 524 g/mol. The molecule has 1 atom stereocenters. The van der Waals surface area contributed by atoms with E-state index >= 15 is 0 Å². The number of anilines is 2.